The first-order chi connectivity index (χ1) is 15.9. The van der Waals surface area contributed by atoms with Crippen LogP contribution in [0.1, 0.15) is 44.3 Å². The maximum Gasteiger partial charge on any atom is 0.487 e. The molecule has 0 radical (unpaired) electrons. The Balaban J connectivity index is 1.57. The average Bonchev–Trinajstić information content (AvgIpc) is 3.05. The van der Waals surface area contributed by atoms with E-state index in [1.807, 2.05) is 18.2 Å². The van der Waals surface area contributed by atoms with E-state index in [2.05, 4.69) is 22.9 Å². The maximum atomic E-state index is 13.6. The number of halogens is 1. The van der Waals surface area contributed by atoms with Gasteiger partial charge in [-0.3, -0.25) is 14.5 Å². The molecular formula is C25H25BBrNO5. The van der Waals surface area contributed by atoms with Crippen LogP contribution in [0.3, 0.4) is 0 Å². The Hall–Kier alpha value is -2.42. The number of allylic oxidation sites excluding steroid dienone is 2. The SMILES string of the molecule is CCCC1=C2B(O)O[C@H](c3cc(Br)ccc3O)C[C@H]2[C@H]2C(=O)N(c3ccccc3)C(=O)[C@H]2C1. The molecule has 2 fully saturated rings. The molecule has 0 unspecified atom stereocenters. The first-order valence-electron chi connectivity index (χ1n) is 11.4. The number of carbonyl (C=O) groups excluding carboxylic acids is 2. The second-order valence-electron chi connectivity index (χ2n) is 9.02. The van der Waals surface area contributed by atoms with E-state index in [1.165, 1.54) is 4.90 Å². The topological polar surface area (TPSA) is 87.1 Å². The largest absolute Gasteiger partial charge is 0.508 e. The van der Waals surface area contributed by atoms with Gasteiger partial charge in [-0.1, -0.05) is 53.0 Å². The van der Waals surface area contributed by atoms with Crippen LogP contribution in [0.15, 0.2) is 64.0 Å². The minimum absolute atomic E-state index is 0.0729. The molecule has 3 aliphatic rings. The molecule has 2 heterocycles. The number of carbonyl (C=O) groups is 2. The second-order valence-corrected chi connectivity index (χ2v) is 9.93. The Morgan fingerprint density at radius 2 is 1.88 bits per heavy atom. The number of hydrogen-bond donors (Lipinski definition) is 2. The number of amides is 2. The van der Waals surface area contributed by atoms with Gasteiger partial charge >= 0.3 is 7.12 Å². The molecule has 0 aromatic heterocycles. The van der Waals surface area contributed by atoms with Crippen molar-refractivity contribution in [1.29, 1.82) is 0 Å². The number of phenols is 1. The zero-order chi connectivity index (χ0) is 23.3. The lowest BCUT2D eigenvalue weighted by molar-refractivity contribution is -0.123. The van der Waals surface area contributed by atoms with E-state index in [9.17, 15) is 19.7 Å². The molecule has 1 aliphatic carbocycles. The number of para-hydroxylation sites is 1. The van der Waals surface area contributed by atoms with Crippen molar-refractivity contribution in [3.63, 3.8) is 0 Å². The van der Waals surface area contributed by atoms with Gasteiger partial charge in [-0.15, -0.1) is 0 Å². The molecule has 2 aromatic carbocycles. The third-order valence-corrected chi connectivity index (χ3v) is 7.61. The molecular weight excluding hydrogens is 485 g/mol. The van der Waals surface area contributed by atoms with Crippen molar-refractivity contribution in [2.75, 3.05) is 4.90 Å². The van der Waals surface area contributed by atoms with Crippen LogP contribution < -0.4 is 4.90 Å². The summed E-state index contributed by atoms with van der Waals surface area (Å²) in [7, 11) is -1.18. The molecule has 5 rings (SSSR count). The van der Waals surface area contributed by atoms with Gasteiger partial charge < -0.3 is 14.8 Å². The summed E-state index contributed by atoms with van der Waals surface area (Å²) >= 11 is 3.43. The van der Waals surface area contributed by atoms with Gasteiger partial charge in [-0.25, -0.2) is 0 Å². The number of anilines is 1. The summed E-state index contributed by atoms with van der Waals surface area (Å²) in [5, 5.41) is 21.5. The monoisotopic (exact) mass is 509 g/mol. The quantitative estimate of drug-likeness (QED) is 0.466. The molecule has 2 amide bonds. The Bertz CT molecular complexity index is 1140. The van der Waals surface area contributed by atoms with Crippen LogP contribution in [0.2, 0.25) is 0 Å². The van der Waals surface area contributed by atoms with E-state index in [4.69, 9.17) is 4.65 Å². The Morgan fingerprint density at radius 1 is 1.12 bits per heavy atom. The fourth-order valence-electron chi connectivity index (χ4n) is 5.76. The summed E-state index contributed by atoms with van der Waals surface area (Å²) in [5.41, 5.74) is 2.90. The van der Waals surface area contributed by atoms with Crippen molar-refractivity contribution < 1.29 is 24.4 Å². The number of hydrogen-bond acceptors (Lipinski definition) is 5. The fraction of sp³-hybridized carbons (Fsp3) is 0.360. The second kappa shape index (κ2) is 8.74. The minimum atomic E-state index is -1.18. The maximum absolute atomic E-state index is 13.6. The van der Waals surface area contributed by atoms with Crippen molar-refractivity contribution >= 4 is 40.6 Å². The zero-order valence-electron chi connectivity index (χ0n) is 18.3. The van der Waals surface area contributed by atoms with E-state index in [0.29, 0.717) is 24.1 Å². The highest BCUT2D eigenvalue weighted by Gasteiger charge is 2.58. The van der Waals surface area contributed by atoms with Crippen LogP contribution >= 0.6 is 15.9 Å². The number of nitrogens with zero attached hydrogens (tertiary/aromatic N) is 1. The van der Waals surface area contributed by atoms with Crippen molar-refractivity contribution in [1.82, 2.24) is 0 Å². The molecule has 170 valence electrons. The number of fused-ring (bicyclic) bond motifs is 3. The summed E-state index contributed by atoms with van der Waals surface area (Å²) in [5.74, 6) is -1.66. The predicted molar refractivity (Wildman–Crippen MR) is 128 cm³/mol. The van der Waals surface area contributed by atoms with Crippen LogP contribution in [-0.2, 0) is 14.2 Å². The van der Waals surface area contributed by atoms with Gasteiger partial charge in [-0.05, 0) is 61.0 Å². The average molecular weight is 510 g/mol. The number of phenolic OH excluding ortho intramolecular Hbond substituents is 1. The van der Waals surface area contributed by atoms with E-state index in [-0.39, 0.29) is 23.5 Å². The number of aromatic hydroxyl groups is 1. The lowest BCUT2D eigenvalue weighted by Gasteiger charge is -2.42. The van der Waals surface area contributed by atoms with Gasteiger partial charge in [0.05, 0.1) is 23.6 Å². The van der Waals surface area contributed by atoms with Crippen molar-refractivity contribution in [2.24, 2.45) is 17.8 Å². The van der Waals surface area contributed by atoms with E-state index < -0.39 is 25.1 Å². The zero-order valence-corrected chi connectivity index (χ0v) is 19.9. The van der Waals surface area contributed by atoms with Gasteiger partial charge in [0.2, 0.25) is 11.8 Å². The van der Waals surface area contributed by atoms with Crippen molar-refractivity contribution in [3.8, 4) is 5.75 Å². The molecule has 2 aromatic rings. The van der Waals surface area contributed by atoms with Crippen molar-refractivity contribution in [3.05, 3.63) is 69.6 Å². The Morgan fingerprint density at radius 3 is 2.61 bits per heavy atom. The highest BCUT2D eigenvalue weighted by atomic mass is 79.9. The summed E-state index contributed by atoms with van der Waals surface area (Å²) in [6.45, 7) is 2.06. The number of imide groups is 1. The molecule has 0 saturated carbocycles. The Kier molecular flexibility index (Phi) is 5.93. The fourth-order valence-corrected chi connectivity index (χ4v) is 6.14. The number of rotatable bonds is 4. The van der Waals surface area contributed by atoms with E-state index in [0.717, 1.165) is 28.4 Å². The van der Waals surface area contributed by atoms with Gasteiger partial charge in [0.25, 0.3) is 0 Å². The highest BCUT2D eigenvalue weighted by molar-refractivity contribution is 9.10. The summed E-state index contributed by atoms with van der Waals surface area (Å²) in [4.78, 5) is 28.4. The first kappa shape index (κ1) is 22.4. The smallest absolute Gasteiger partial charge is 0.487 e. The van der Waals surface area contributed by atoms with Gasteiger partial charge in [0, 0.05) is 10.0 Å². The third kappa shape index (κ3) is 3.74. The van der Waals surface area contributed by atoms with E-state index >= 15 is 0 Å². The molecule has 2 N–H and O–H groups in total. The molecule has 2 aliphatic heterocycles. The summed E-state index contributed by atoms with van der Waals surface area (Å²) < 4.78 is 6.77. The van der Waals surface area contributed by atoms with Gasteiger partial charge in [0.15, 0.2) is 0 Å². The molecule has 2 saturated heterocycles. The summed E-state index contributed by atoms with van der Waals surface area (Å²) in [6.07, 6.45) is 1.89. The lowest BCUT2D eigenvalue weighted by atomic mass is 9.54. The molecule has 33 heavy (non-hydrogen) atoms. The minimum Gasteiger partial charge on any atom is -0.508 e. The molecule has 4 atom stereocenters. The number of benzene rings is 2. The van der Waals surface area contributed by atoms with Crippen molar-refractivity contribution in [2.45, 2.75) is 38.7 Å². The van der Waals surface area contributed by atoms with Crippen LogP contribution in [0.4, 0.5) is 5.69 Å². The van der Waals surface area contributed by atoms with Crippen LogP contribution in [0, 0.1) is 17.8 Å². The molecule has 6 nitrogen and oxygen atoms in total. The summed E-state index contributed by atoms with van der Waals surface area (Å²) in [6, 6.07) is 14.1. The van der Waals surface area contributed by atoms with Gasteiger partial charge in [-0.2, -0.15) is 0 Å². The first-order valence-corrected chi connectivity index (χ1v) is 12.2. The normalized spacial score (nSPS) is 27.1. The Labute approximate surface area is 201 Å². The van der Waals surface area contributed by atoms with E-state index in [1.54, 1.807) is 30.3 Å². The third-order valence-electron chi connectivity index (χ3n) is 7.11. The molecule has 0 bridgehead atoms. The van der Waals surface area contributed by atoms with Crippen LogP contribution in [0.25, 0.3) is 0 Å². The van der Waals surface area contributed by atoms with Crippen LogP contribution in [0.5, 0.6) is 5.75 Å². The van der Waals surface area contributed by atoms with Gasteiger partial charge in [0.1, 0.15) is 5.75 Å². The lowest BCUT2D eigenvalue weighted by Crippen LogP contribution is -2.45. The highest BCUT2D eigenvalue weighted by Crippen LogP contribution is 2.53. The standard InChI is InChI=1S/C25H25BBrNO5/c1-2-6-14-11-19-22(25(31)28(24(19)30)16-7-4-3-5-8-16)18-13-21(33-26(32)23(14)18)17-12-15(27)9-10-20(17)29/h3-5,7-10,12,18-19,21-22,29,32H,2,6,11,13H2,1H3/t18-,19-,21-,22+/m0/s1. The molecule has 0 spiro atoms. The predicted octanol–water partition coefficient (Wildman–Crippen LogP) is 4.56. The van der Waals surface area contributed by atoms with Crippen LogP contribution in [-0.4, -0.2) is 29.1 Å². The molecule has 8 heteroatoms.